The second-order valence-electron chi connectivity index (χ2n) is 4.87. The summed E-state index contributed by atoms with van der Waals surface area (Å²) in [5, 5.41) is 12.0. The van der Waals surface area contributed by atoms with Gasteiger partial charge in [-0.2, -0.15) is 11.8 Å². The number of carboxylic acid groups (broad SMARTS) is 1. The molecule has 0 aliphatic carbocycles. The highest BCUT2D eigenvalue weighted by Crippen LogP contribution is 2.29. The molecular formula is C14H16BrNO4S. The Balaban J connectivity index is 2.11. The zero-order valence-corrected chi connectivity index (χ0v) is 13.9. The van der Waals surface area contributed by atoms with Crippen LogP contribution in [0.5, 0.6) is 5.75 Å². The van der Waals surface area contributed by atoms with Gasteiger partial charge in [0.2, 0.25) is 5.91 Å². The van der Waals surface area contributed by atoms with Gasteiger partial charge in [0.25, 0.3) is 0 Å². The minimum Gasteiger partial charge on any atom is -0.496 e. The van der Waals surface area contributed by atoms with Crippen LogP contribution >= 0.6 is 27.7 Å². The van der Waals surface area contributed by atoms with Crippen molar-refractivity contribution in [2.24, 2.45) is 0 Å². The molecule has 1 heterocycles. The van der Waals surface area contributed by atoms with Gasteiger partial charge < -0.3 is 15.2 Å². The van der Waals surface area contributed by atoms with Crippen LogP contribution in [0.2, 0.25) is 0 Å². The third-order valence-corrected chi connectivity index (χ3v) is 5.09. The van der Waals surface area contributed by atoms with Gasteiger partial charge in [0.15, 0.2) is 0 Å². The lowest BCUT2D eigenvalue weighted by atomic mass is 9.98. The van der Waals surface area contributed by atoms with Crippen LogP contribution in [0, 0.1) is 0 Å². The number of halogens is 1. The average molecular weight is 374 g/mol. The molecule has 2 N–H and O–H groups in total. The fourth-order valence-electron chi connectivity index (χ4n) is 2.26. The molecule has 0 saturated carbocycles. The van der Waals surface area contributed by atoms with Crippen molar-refractivity contribution in [3.63, 3.8) is 0 Å². The fraction of sp³-hybridized carbons (Fsp3) is 0.429. The van der Waals surface area contributed by atoms with Crippen LogP contribution < -0.4 is 10.1 Å². The van der Waals surface area contributed by atoms with Crippen LogP contribution in [0.1, 0.15) is 12.0 Å². The van der Waals surface area contributed by atoms with Crippen molar-refractivity contribution in [2.75, 3.05) is 18.6 Å². The van der Waals surface area contributed by atoms with Crippen LogP contribution in [0.15, 0.2) is 22.7 Å². The number of thioether (sulfide) groups is 1. The summed E-state index contributed by atoms with van der Waals surface area (Å²) >= 11 is 4.89. The average Bonchev–Trinajstić information content (AvgIpc) is 2.88. The molecule has 1 fully saturated rings. The molecule has 0 bridgehead atoms. The molecular weight excluding hydrogens is 358 g/mol. The zero-order chi connectivity index (χ0) is 15.5. The summed E-state index contributed by atoms with van der Waals surface area (Å²) in [5.41, 5.74) is -0.420. The first-order valence-electron chi connectivity index (χ1n) is 6.41. The van der Waals surface area contributed by atoms with Gasteiger partial charge in [0, 0.05) is 15.8 Å². The van der Waals surface area contributed by atoms with E-state index < -0.39 is 11.5 Å². The van der Waals surface area contributed by atoms with Gasteiger partial charge in [0.05, 0.1) is 13.5 Å². The van der Waals surface area contributed by atoms with Gasteiger partial charge in [-0.1, -0.05) is 15.9 Å². The maximum absolute atomic E-state index is 12.2. The van der Waals surface area contributed by atoms with Crippen LogP contribution in [0.25, 0.3) is 0 Å². The number of carboxylic acids is 1. The SMILES string of the molecule is COc1ccc(Br)cc1CC(=O)NC1(C(=O)O)CCSC1. The molecule has 1 aromatic rings. The molecule has 1 atom stereocenters. The Morgan fingerprint density at radius 1 is 1.52 bits per heavy atom. The standard InChI is InChI=1S/C14H16BrNO4S/c1-20-11-3-2-10(15)6-9(11)7-12(17)16-14(13(18)19)4-5-21-8-14/h2-3,6H,4-5,7-8H2,1H3,(H,16,17)(H,18,19). The van der Waals surface area contributed by atoms with E-state index in [0.29, 0.717) is 17.9 Å². The van der Waals surface area contributed by atoms with E-state index in [4.69, 9.17) is 4.74 Å². The monoisotopic (exact) mass is 373 g/mol. The summed E-state index contributed by atoms with van der Waals surface area (Å²) in [7, 11) is 1.54. The normalized spacial score (nSPS) is 21.0. The van der Waals surface area contributed by atoms with Gasteiger partial charge in [-0.05, 0) is 30.4 Å². The highest BCUT2D eigenvalue weighted by atomic mass is 79.9. The molecule has 1 amide bonds. The van der Waals surface area contributed by atoms with Crippen molar-refractivity contribution in [1.82, 2.24) is 5.32 Å². The largest absolute Gasteiger partial charge is 0.496 e. The lowest BCUT2D eigenvalue weighted by molar-refractivity contribution is -0.146. The Bertz CT molecular complexity index is 558. The fourth-order valence-corrected chi connectivity index (χ4v) is 3.99. The van der Waals surface area contributed by atoms with E-state index in [-0.39, 0.29) is 12.3 Å². The molecule has 7 heteroatoms. The number of carbonyl (C=O) groups excluding carboxylic acids is 1. The van der Waals surface area contributed by atoms with Crippen molar-refractivity contribution < 1.29 is 19.4 Å². The van der Waals surface area contributed by atoms with Crippen LogP contribution in [-0.2, 0) is 16.0 Å². The summed E-state index contributed by atoms with van der Waals surface area (Å²) in [4.78, 5) is 23.6. The lowest BCUT2D eigenvalue weighted by Crippen LogP contribution is -2.55. The summed E-state index contributed by atoms with van der Waals surface area (Å²) in [6, 6.07) is 5.40. The van der Waals surface area contributed by atoms with E-state index in [9.17, 15) is 14.7 Å². The molecule has 114 valence electrons. The van der Waals surface area contributed by atoms with E-state index in [1.165, 1.54) is 7.11 Å². The first-order valence-corrected chi connectivity index (χ1v) is 8.36. The third kappa shape index (κ3) is 3.71. The van der Waals surface area contributed by atoms with Gasteiger partial charge >= 0.3 is 5.97 Å². The molecule has 21 heavy (non-hydrogen) atoms. The number of ether oxygens (including phenoxy) is 1. The highest BCUT2D eigenvalue weighted by molar-refractivity contribution is 9.10. The number of hydrogen-bond donors (Lipinski definition) is 2. The predicted molar refractivity (Wildman–Crippen MR) is 84.8 cm³/mol. The Morgan fingerprint density at radius 2 is 2.29 bits per heavy atom. The topological polar surface area (TPSA) is 75.6 Å². The minimum atomic E-state index is -1.14. The molecule has 0 radical (unpaired) electrons. The number of benzene rings is 1. The highest BCUT2D eigenvalue weighted by Gasteiger charge is 2.43. The molecule has 1 unspecified atom stereocenters. The van der Waals surface area contributed by atoms with E-state index >= 15 is 0 Å². The van der Waals surface area contributed by atoms with Crippen LogP contribution in [-0.4, -0.2) is 41.1 Å². The van der Waals surface area contributed by atoms with E-state index in [0.717, 1.165) is 15.8 Å². The third-order valence-electron chi connectivity index (χ3n) is 3.40. The van der Waals surface area contributed by atoms with Gasteiger partial charge in [0.1, 0.15) is 11.3 Å². The van der Waals surface area contributed by atoms with Crippen molar-refractivity contribution in [3.8, 4) is 5.75 Å². The van der Waals surface area contributed by atoms with E-state index in [1.54, 1.807) is 23.9 Å². The van der Waals surface area contributed by atoms with Crippen molar-refractivity contribution in [2.45, 2.75) is 18.4 Å². The smallest absolute Gasteiger partial charge is 0.330 e. The van der Waals surface area contributed by atoms with Crippen molar-refractivity contribution in [1.29, 1.82) is 0 Å². The first kappa shape index (κ1) is 16.2. The second-order valence-corrected chi connectivity index (χ2v) is 6.89. The van der Waals surface area contributed by atoms with E-state index in [2.05, 4.69) is 21.2 Å². The zero-order valence-electron chi connectivity index (χ0n) is 11.5. The maximum Gasteiger partial charge on any atom is 0.330 e. The van der Waals surface area contributed by atoms with Crippen molar-refractivity contribution >= 4 is 39.6 Å². The number of carbonyl (C=O) groups is 2. The summed E-state index contributed by atoms with van der Waals surface area (Å²) in [6.07, 6.45) is 0.538. The Labute approximate surface area is 135 Å². The summed E-state index contributed by atoms with van der Waals surface area (Å²) < 4.78 is 6.07. The number of hydrogen-bond acceptors (Lipinski definition) is 4. The number of nitrogens with one attached hydrogen (secondary N) is 1. The molecule has 2 rings (SSSR count). The van der Waals surface area contributed by atoms with Gasteiger partial charge in [-0.15, -0.1) is 0 Å². The predicted octanol–water partition coefficient (Wildman–Crippen LogP) is 2.08. The number of rotatable bonds is 5. The van der Waals surface area contributed by atoms with Gasteiger partial charge in [-0.3, -0.25) is 4.79 Å². The number of aliphatic carboxylic acids is 1. The van der Waals surface area contributed by atoms with E-state index in [1.807, 2.05) is 6.07 Å². The molecule has 1 saturated heterocycles. The molecule has 5 nitrogen and oxygen atoms in total. The lowest BCUT2D eigenvalue weighted by Gasteiger charge is -2.24. The molecule has 1 aliphatic heterocycles. The molecule has 1 aliphatic rings. The van der Waals surface area contributed by atoms with Crippen molar-refractivity contribution in [3.05, 3.63) is 28.2 Å². The second kappa shape index (κ2) is 6.70. The molecule has 0 spiro atoms. The Kier molecular flexibility index (Phi) is 5.16. The molecule has 1 aromatic carbocycles. The quantitative estimate of drug-likeness (QED) is 0.826. The minimum absolute atomic E-state index is 0.0856. The number of methoxy groups -OCH3 is 1. The Morgan fingerprint density at radius 3 is 2.86 bits per heavy atom. The summed E-state index contributed by atoms with van der Waals surface area (Å²) in [6.45, 7) is 0. The van der Waals surface area contributed by atoms with Gasteiger partial charge in [-0.25, -0.2) is 4.79 Å². The number of amides is 1. The first-order chi connectivity index (χ1) is 9.97. The molecule has 0 aromatic heterocycles. The maximum atomic E-state index is 12.2. The Hall–Kier alpha value is -1.21. The van der Waals surface area contributed by atoms with Crippen LogP contribution in [0.3, 0.4) is 0 Å². The van der Waals surface area contributed by atoms with Crippen LogP contribution in [0.4, 0.5) is 0 Å². The summed E-state index contributed by atoms with van der Waals surface area (Å²) in [5.74, 6) is 0.480.